The number of phenols is 2. The third kappa shape index (κ3) is 8.35. The fourth-order valence-corrected chi connectivity index (χ4v) is 8.68. The number of ketones is 1. The molecule has 1 amide bonds. The van der Waals surface area contributed by atoms with Gasteiger partial charge in [-0.3, -0.25) is 14.4 Å². The standard InChI is InChI=1S/C46H60N2O13/c1-13-19-48-27(9)30(45(56)58-14-2)32-35-40(53)33-31(36(32)48)34-42(26(8)39(33)52)61-46(11,43(34)54)59-20-18-29(57-12)23(5)41(60-28(10)49)25(7)38(51)24(6)37(50)21(3)16-15-17-22(4)44(55)47-35/h15-18,20-21,23-25,29,37-38,41,50-53H,13-14,19H2,1-12H3,(H,47,55)/b16-15-,20-18+,22-17?. The molecule has 3 heterocycles. The van der Waals surface area contributed by atoms with Crippen molar-refractivity contribution < 1.29 is 63.3 Å². The summed E-state index contributed by atoms with van der Waals surface area (Å²) in [6.07, 6.45) is 4.21. The average Bonchev–Trinajstić information content (AvgIpc) is 3.65. The summed E-state index contributed by atoms with van der Waals surface area (Å²) in [7, 11) is 1.45. The molecule has 5 rings (SSSR count). The van der Waals surface area contributed by atoms with Gasteiger partial charge < -0.3 is 54.0 Å². The van der Waals surface area contributed by atoms with Crippen LogP contribution in [0.2, 0.25) is 0 Å². The predicted molar refractivity (Wildman–Crippen MR) is 229 cm³/mol. The minimum absolute atomic E-state index is 0.0148. The number of aromatic nitrogens is 1. The van der Waals surface area contributed by atoms with Gasteiger partial charge >= 0.3 is 17.7 Å². The number of amides is 1. The number of carbonyl (C=O) groups excluding carboxylic acids is 4. The summed E-state index contributed by atoms with van der Waals surface area (Å²) in [6.45, 7) is 18.3. The first-order valence-corrected chi connectivity index (χ1v) is 20.7. The largest absolute Gasteiger partial charge is 0.507 e. The zero-order valence-electron chi connectivity index (χ0n) is 37.0. The maximum Gasteiger partial charge on any atom is 0.340 e. The van der Waals surface area contributed by atoms with Gasteiger partial charge in [-0.05, 0) is 40.2 Å². The number of esters is 2. The lowest BCUT2D eigenvalue weighted by atomic mass is 9.78. The number of ether oxygens (including phenoxy) is 5. The number of allylic oxidation sites excluding steroid dienone is 2. The molecule has 0 radical (unpaired) electrons. The van der Waals surface area contributed by atoms with E-state index in [-0.39, 0.29) is 62.0 Å². The fourth-order valence-electron chi connectivity index (χ4n) is 8.68. The molecule has 1 aromatic heterocycles. The van der Waals surface area contributed by atoms with Crippen LogP contribution in [-0.2, 0) is 35.1 Å². The molecule has 9 unspecified atom stereocenters. The van der Waals surface area contributed by atoms with E-state index in [2.05, 4.69) is 5.32 Å². The summed E-state index contributed by atoms with van der Waals surface area (Å²) >= 11 is 0. The quantitative estimate of drug-likeness (QED) is 0.126. The van der Waals surface area contributed by atoms with Crippen molar-refractivity contribution in [2.75, 3.05) is 19.0 Å². The fraction of sp³-hybridized carbons (Fsp3) is 0.522. The number of anilines is 1. The van der Waals surface area contributed by atoms with Crippen LogP contribution in [0.4, 0.5) is 5.69 Å². The Morgan fingerprint density at radius 1 is 0.934 bits per heavy atom. The van der Waals surface area contributed by atoms with Gasteiger partial charge in [0.2, 0.25) is 0 Å². The number of aliphatic hydroxyl groups is 2. The molecule has 0 spiro atoms. The van der Waals surface area contributed by atoms with E-state index < -0.39 is 89.0 Å². The van der Waals surface area contributed by atoms with Crippen molar-refractivity contribution in [3.63, 3.8) is 0 Å². The first-order chi connectivity index (χ1) is 28.7. The van der Waals surface area contributed by atoms with Crippen LogP contribution in [0, 0.1) is 37.5 Å². The molecule has 0 aliphatic carbocycles. The van der Waals surface area contributed by atoms with Crippen molar-refractivity contribution in [1.82, 2.24) is 4.57 Å². The Morgan fingerprint density at radius 2 is 1.61 bits per heavy atom. The van der Waals surface area contributed by atoms with Crippen LogP contribution in [0.15, 0.2) is 36.1 Å². The van der Waals surface area contributed by atoms with E-state index >= 15 is 0 Å². The number of nitrogens with zero attached hydrogens (tertiary/aromatic N) is 1. The number of carbonyl (C=O) groups is 4. The smallest absolute Gasteiger partial charge is 0.340 e. The normalized spacial score (nSPS) is 28.6. The molecule has 4 bridgehead atoms. The van der Waals surface area contributed by atoms with Crippen molar-refractivity contribution in [2.45, 2.75) is 119 Å². The number of aliphatic hydroxyl groups excluding tert-OH is 2. The Morgan fingerprint density at radius 3 is 2.21 bits per heavy atom. The highest BCUT2D eigenvalue weighted by Gasteiger charge is 2.50. The molecular formula is C46H60N2O13. The molecule has 2 aliphatic rings. The molecule has 5 N–H and O–H groups in total. The summed E-state index contributed by atoms with van der Waals surface area (Å²) in [5.41, 5.74) is 0.808. The Hall–Kier alpha value is -5.38. The molecule has 61 heavy (non-hydrogen) atoms. The van der Waals surface area contributed by atoms with Crippen LogP contribution in [0.5, 0.6) is 17.2 Å². The summed E-state index contributed by atoms with van der Waals surface area (Å²) in [5.74, 6) is -8.22. The molecule has 3 aromatic rings. The molecule has 332 valence electrons. The number of aryl methyl sites for hydroxylation is 1. The highest BCUT2D eigenvalue weighted by Crippen LogP contribution is 2.55. The van der Waals surface area contributed by atoms with Crippen LogP contribution < -0.4 is 10.1 Å². The third-order valence-electron chi connectivity index (χ3n) is 12.2. The van der Waals surface area contributed by atoms with Crippen molar-refractivity contribution in [2.24, 2.45) is 23.7 Å². The summed E-state index contributed by atoms with van der Waals surface area (Å²) in [6, 6.07) is 0. The minimum atomic E-state index is -2.02. The second-order valence-electron chi connectivity index (χ2n) is 16.4. The Kier molecular flexibility index (Phi) is 14.0. The first kappa shape index (κ1) is 46.7. The molecule has 2 aliphatic heterocycles. The Balaban J connectivity index is 1.84. The maximum absolute atomic E-state index is 14.8. The number of methoxy groups -OCH3 is 1. The number of rotatable bonds is 6. The van der Waals surface area contributed by atoms with Crippen LogP contribution in [-0.4, -0.2) is 92.5 Å². The third-order valence-corrected chi connectivity index (χ3v) is 12.2. The van der Waals surface area contributed by atoms with E-state index in [9.17, 15) is 39.6 Å². The van der Waals surface area contributed by atoms with Crippen molar-refractivity contribution in [1.29, 1.82) is 0 Å². The summed E-state index contributed by atoms with van der Waals surface area (Å²) in [4.78, 5) is 55.1. The van der Waals surface area contributed by atoms with Crippen LogP contribution in [0.1, 0.15) is 101 Å². The van der Waals surface area contributed by atoms with Crippen LogP contribution in [0.3, 0.4) is 0 Å². The summed E-state index contributed by atoms with van der Waals surface area (Å²) < 4.78 is 31.3. The van der Waals surface area contributed by atoms with Crippen LogP contribution >= 0.6 is 0 Å². The van der Waals surface area contributed by atoms with Crippen molar-refractivity contribution in [3.8, 4) is 17.2 Å². The number of aromatic hydroxyl groups is 2. The molecule has 0 saturated carbocycles. The first-order valence-electron chi connectivity index (χ1n) is 20.7. The van der Waals surface area contributed by atoms with Gasteiger partial charge in [-0.1, -0.05) is 52.8 Å². The van der Waals surface area contributed by atoms with E-state index in [0.29, 0.717) is 18.7 Å². The Labute approximate surface area is 355 Å². The monoisotopic (exact) mass is 848 g/mol. The van der Waals surface area contributed by atoms with E-state index in [0.717, 1.165) is 0 Å². The Bertz CT molecular complexity index is 2320. The molecular weight excluding hydrogens is 789 g/mol. The number of phenolic OH excluding ortho intramolecular Hbond substituents is 2. The van der Waals surface area contributed by atoms with Gasteiger partial charge in [0.25, 0.3) is 11.7 Å². The van der Waals surface area contributed by atoms with Crippen molar-refractivity contribution in [3.05, 3.63) is 58.5 Å². The zero-order chi connectivity index (χ0) is 45.4. The SMILES string of the molecule is CCCn1c(C)c(C(=O)OCC)c2c3c(O)c4c(O)c(C)c5c(c4c21)C(=O)C(C)(O/C=C/C(OC)C(C)C(OC(C)=O)C(C)C(O)C(C)C(O)C(C)/C=C\C=C(C)C(=O)N3)O5. The molecule has 15 heteroatoms. The number of benzene rings is 2. The highest BCUT2D eigenvalue weighted by atomic mass is 16.7. The lowest BCUT2D eigenvalue weighted by molar-refractivity contribution is -0.160. The second kappa shape index (κ2) is 18.3. The summed E-state index contributed by atoms with van der Waals surface area (Å²) in [5, 5.41) is 49.9. The van der Waals surface area contributed by atoms with E-state index in [4.69, 9.17) is 23.7 Å². The number of fused-ring (bicyclic) bond motifs is 1. The van der Waals surface area contributed by atoms with E-state index in [1.807, 2.05) is 6.92 Å². The highest BCUT2D eigenvalue weighted by molar-refractivity contribution is 6.31. The van der Waals surface area contributed by atoms with E-state index in [1.165, 1.54) is 53.2 Å². The van der Waals surface area contributed by atoms with Gasteiger partial charge in [0.05, 0.1) is 58.9 Å². The molecule has 15 nitrogen and oxygen atoms in total. The number of Topliss-reactive ketones (excluding diaryl/α,β-unsaturated/α-hetero) is 1. The maximum atomic E-state index is 14.8. The molecule has 0 fully saturated rings. The van der Waals surface area contributed by atoms with Gasteiger partial charge in [0.15, 0.2) is 5.75 Å². The van der Waals surface area contributed by atoms with E-state index in [1.54, 1.807) is 58.3 Å². The van der Waals surface area contributed by atoms with Gasteiger partial charge in [-0.25, -0.2) is 4.79 Å². The number of hydrogen-bond donors (Lipinski definition) is 5. The van der Waals surface area contributed by atoms with Crippen molar-refractivity contribution >= 4 is 51.0 Å². The minimum Gasteiger partial charge on any atom is -0.507 e. The average molecular weight is 849 g/mol. The van der Waals surface area contributed by atoms with Gasteiger partial charge in [-0.2, -0.15) is 0 Å². The van der Waals surface area contributed by atoms with Gasteiger partial charge in [0.1, 0.15) is 17.6 Å². The lowest BCUT2D eigenvalue weighted by Gasteiger charge is -2.38. The number of nitrogens with one attached hydrogen (secondary N) is 1. The van der Waals surface area contributed by atoms with Crippen LogP contribution in [0.25, 0.3) is 21.7 Å². The molecule has 9 atom stereocenters. The molecule has 0 saturated heterocycles. The zero-order valence-corrected chi connectivity index (χ0v) is 37.0. The topological polar surface area (TPSA) is 212 Å². The second-order valence-corrected chi connectivity index (χ2v) is 16.4. The predicted octanol–water partition coefficient (Wildman–Crippen LogP) is 6.90. The van der Waals surface area contributed by atoms with Gasteiger partial charge in [0, 0.05) is 78.8 Å². The van der Waals surface area contributed by atoms with Gasteiger partial charge in [-0.15, -0.1) is 0 Å². The number of hydrogen-bond acceptors (Lipinski definition) is 13. The molecule has 2 aromatic carbocycles. The lowest BCUT2D eigenvalue weighted by Crippen LogP contribution is -2.46.